The normalized spacial score (nSPS) is 35.0. The molecule has 8 aliphatic carbocycles. The number of ether oxygens (including phenoxy) is 2. The number of carbonyl (C=O) groups is 2. The topological polar surface area (TPSA) is 93.1 Å². The highest BCUT2D eigenvalue weighted by molar-refractivity contribution is 5.88. The van der Waals surface area contributed by atoms with Crippen molar-refractivity contribution in [3.05, 3.63) is 119 Å². The molecule has 12 rings (SSSR count). The maximum atomic E-state index is 11.5. The summed E-state index contributed by atoms with van der Waals surface area (Å²) in [6.07, 6.45) is 15.5. The van der Waals surface area contributed by atoms with Crippen LogP contribution in [-0.4, -0.2) is 22.2 Å². The molecule has 0 radical (unpaired) electrons. The van der Waals surface area contributed by atoms with Gasteiger partial charge in [-0.3, -0.25) is 0 Å². The average molecular weight is 695 g/mol. The Bertz CT molecular complexity index is 1890. The van der Waals surface area contributed by atoms with Crippen LogP contribution in [0.25, 0.3) is 0 Å². The molecular formula is C46H46O6. The Morgan fingerprint density at radius 1 is 0.481 bits per heavy atom. The molecule has 8 bridgehead atoms. The number of hydrogen-bond acceptors (Lipinski definition) is 4. The van der Waals surface area contributed by atoms with Crippen LogP contribution in [0, 0.1) is 34.5 Å². The summed E-state index contributed by atoms with van der Waals surface area (Å²) in [6.45, 7) is 0. The molecule has 8 aliphatic rings. The van der Waals surface area contributed by atoms with Gasteiger partial charge in [0.05, 0.1) is 11.1 Å². The van der Waals surface area contributed by atoms with E-state index in [9.17, 15) is 19.8 Å². The van der Waals surface area contributed by atoms with E-state index in [4.69, 9.17) is 9.47 Å². The monoisotopic (exact) mass is 694 g/mol. The molecule has 0 aliphatic heterocycles. The van der Waals surface area contributed by atoms with Crippen molar-refractivity contribution in [3.8, 4) is 23.0 Å². The van der Waals surface area contributed by atoms with Gasteiger partial charge in [-0.25, -0.2) is 9.59 Å². The van der Waals surface area contributed by atoms with Crippen LogP contribution in [-0.2, 0) is 10.8 Å². The second-order valence-electron chi connectivity index (χ2n) is 17.9. The molecule has 52 heavy (non-hydrogen) atoms. The van der Waals surface area contributed by atoms with Gasteiger partial charge in [0, 0.05) is 22.0 Å². The van der Waals surface area contributed by atoms with Crippen molar-refractivity contribution in [2.24, 2.45) is 34.5 Å². The van der Waals surface area contributed by atoms with Crippen LogP contribution in [0.1, 0.15) is 109 Å². The molecule has 4 aromatic rings. The van der Waals surface area contributed by atoms with E-state index in [0.29, 0.717) is 22.3 Å². The summed E-state index contributed by atoms with van der Waals surface area (Å²) in [5.74, 6) is 4.28. The standard InChI is InChI=1S/C46H46O6/c47-41(48)33-9-13-35(14-10-33)51-39-7-3-1-5-37(39)43-19-29-17-30(20-43)24-45(23-29,27-43)46-25-31-18-32(26-46)22-44(21-31,28-46)38-6-2-4-8-40(38)52-36-15-11-34(12-16-36)42(49)50/h1-16,29-32H,17-28H2,(H,47,48)(H,49,50). The van der Waals surface area contributed by atoms with E-state index < -0.39 is 11.9 Å². The van der Waals surface area contributed by atoms with Gasteiger partial charge in [-0.1, -0.05) is 36.4 Å². The first-order valence-electron chi connectivity index (χ1n) is 19.4. The molecule has 8 fully saturated rings. The smallest absolute Gasteiger partial charge is 0.335 e. The lowest BCUT2D eigenvalue weighted by Crippen LogP contribution is -2.66. The second kappa shape index (κ2) is 11.5. The third-order valence-corrected chi connectivity index (χ3v) is 14.8. The molecule has 0 aromatic heterocycles. The van der Waals surface area contributed by atoms with Crippen LogP contribution in [0.2, 0.25) is 0 Å². The third kappa shape index (κ3) is 4.96. The van der Waals surface area contributed by atoms with Gasteiger partial charge < -0.3 is 19.7 Å². The van der Waals surface area contributed by atoms with Crippen LogP contribution in [0.5, 0.6) is 23.0 Å². The van der Waals surface area contributed by atoms with Gasteiger partial charge in [0.2, 0.25) is 0 Å². The van der Waals surface area contributed by atoms with Gasteiger partial charge in [0.25, 0.3) is 0 Å². The summed E-state index contributed by atoms with van der Waals surface area (Å²) >= 11 is 0. The Kier molecular flexibility index (Phi) is 7.07. The van der Waals surface area contributed by atoms with Crippen LogP contribution < -0.4 is 9.47 Å². The maximum Gasteiger partial charge on any atom is 0.335 e. The number of carboxylic acid groups (broad SMARTS) is 2. The number of benzene rings is 4. The second-order valence-corrected chi connectivity index (χ2v) is 17.9. The van der Waals surface area contributed by atoms with E-state index in [1.807, 2.05) is 0 Å². The first-order chi connectivity index (χ1) is 25.1. The SMILES string of the molecule is O=C(O)c1ccc(Oc2ccccc2C23CC4CC(C2)CC(C25CC6CC(CC(c7ccccc7Oc7ccc(C(=O)O)cc7)(C6)C2)C5)(C4)C3)cc1. The summed E-state index contributed by atoms with van der Waals surface area (Å²) in [7, 11) is 0. The summed E-state index contributed by atoms with van der Waals surface area (Å²) < 4.78 is 13.3. The number of carboxylic acids is 2. The Hall–Kier alpha value is -4.58. The van der Waals surface area contributed by atoms with Gasteiger partial charge in [0.15, 0.2) is 0 Å². The highest BCUT2D eigenvalue weighted by Crippen LogP contribution is 2.79. The van der Waals surface area contributed by atoms with Crippen molar-refractivity contribution < 1.29 is 29.3 Å². The zero-order valence-corrected chi connectivity index (χ0v) is 29.6. The van der Waals surface area contributed by atoms with Crippen molar-refractivity contribution in [1.29, 1.82) is 0 Å². The summed E-state index contributed by atoms with van der Waals surface area (Å²) in [4.78, 5) is 23.0. The highest BCUT2D eigenvalue weighted by Gasteiger charge is 2.70. The van der Waals surface area contributed by atoms with Crippen LogP contribution in [0.3, 0.4) is 0 Å². The number of rotatable bonds is 9. The Labute approximate surface area is 305 Å². The minimum Gasteiger partial charge on any atom is -0.478 e. The van der Waals surface area contributed by atoms with Crippen molar-refractivity contribution >= 4 is 11.9 Å². The van der Waals surface area contributed by atoms with Crippen molar-refractivity contribution in [1.82, 2.24) is 0 Å². The molecular weight excluding hydrogens is 649 g/mol. The van der Waals surface area contributed by atoms with E-state index in [2.05, 4.69) is 48.5 Å². The summed E-state index contributed by atoms with van der Waals surface area (Å²) in [5, 5.41) is 18.9. The zero-order chi connectivity index (χ0) is 35.3. The quantitative estimate of drug-likeness (QED) is 0.181. The predicted molar refractivity (Wildman–Crippen MR) is 197 cm³/mol. The lowest BCUT2D eigenvalue weighted by atomic mass is 9.30. The highest BCUT2D eigenvalue weighted by atomic mass is 16.5. The lowest BCUT2D eigenvalue weighted by molar-refractivity contribution is -0.212. The average Bonchev–Trinajstić information content (AvgIpc) is 3.11. The van der Waals surface area contributed by atoms with Crippen LogP contribution in [0.4, 0.5) is 0 Å². The zero-order valence-electron chi connectivity index (χ0n) is 29.6. The van der Waals surface area contributed by atoms with Gasteiger partial charge in [-0.2, -0.15) is 0 Å². The van der Waals surface area contributed by atoms with E-state index in [1.165, 1.54) is 88.2 Å². The summed E-state index contributed by atoms with van der Waals surface area (Å²) in [5.41, 5.74) is 4.01. The first kappa shape index (κ1) is 32.1. The Balaban J connectivity index is 1.00. The third-order valence-electron chi connectivity index (χ3n) is 14.8. The van der Waals surface area contributed by atoms with Crippen LogP contribution in [0.15, 0.2) is 97.1 Å². The fourth-order valence-corrected chi connectivity index (χ4v) is 14.0. The van der Waals surface area contributed by atoms with Gasteiger partial charge in [0.1, 0.15) is 23.0 Å². The van der Waals surface area contributed by atoms with E-state index >= 15 is 0 Å². The van der Waals surface area contributed by atoms with Gasteiger partial charge in [-0.15, -0.1) is 0 Å². The summed E-state index contributed by atoms with van der Waals surface area (Å²) in [6, 6.07) is 31.1. The lowest BCUT2D eigenvalue weighted by Gasteiger charge is -2.74. The number of aromatic carboxylic acids is 2. The number of hydrogen-bond donors (Lipinski definition) is 2. The largest absolute Gasteiger partial charge is 0.478 e. The van der Waals surface area contributed by atoms with Crippen molar-refractivity contribution in [2.45, 2.75) is 87.9 Å². The minimum atomic E-state index is -0.930. The molecule has 2 N–H and O–H groups in total. The number of para-hydroxylation sites is 2. The molecule has 6 nitrogen and oxygen atoms in total. The molecule has 266 valence electrons. The minimum absolute atomic E-state index is 0.0846. The fourth-order valence-electron chi connectivity index (χ4n) is 14.0. The molecule has 4 atom stereocenters. The molecule has 4 aromatic carbocycles. The maximum absolute atomic E-state index is 11.5. The van der Waals surface area contributed by atoms with Gasteiger partial charge >= 0.3 is 11.9 Å². The molecule has 6 heteroatoms. The fraction of sp³-hybridized carbons (Fsp3) is 0.435. The Morgan fingerprint density at radius 3 is 1.17 bits per heavy atom. The predicted octanol–water partition coefficient (Wildman–Crippen LogP) is 11.0. The van der Waals surface area contributed by atoms with Crippen LogP contribution >= 0.6 is 0 Å². The van der Waals surface area contributed by atoms with Gasteiger partial charge in [-0.05, 0) is 172 Å². The molecule has 4 unspecified atom stereocenters. The molecule has 0 amide bonds. The van der Waals surface area contributed by atoms with E-state index in [0.717, 1.165) is 35.2 Å². The molecule has 0 saturated heterocycles. The van der Waals surface area contributed by atoms with Crippen molar-refractivity contribution in [3.63, 3.8) is 0 Å². The molecule has 0 heterocycles. The van der Waals surface area contributed by atoms with E-state index in [1.54, 1.807) is 48.5 Å². The van der Waals surface area contributed by atoms with Crippen molar-refractivity contribution in [2.75, 3.05) is 0 Å². The first-order valence-corrected chi connectivity index (χ1v) is 19.4. The molecule has 0 spiro atoms. The van der Waals surface area contributed by atoms with E-state index in [-0.39, 0.29) is 22.0 Å². The molecule has 8 saturated carbocycles. The Morgan fingerprint density at radius 2 is 0.827 bits per heavy atom.